The number of aromatic nitrogens is 1. The number of rotatable bonds is 4. The molecule has 5 heteroatoms. The molecule has 0 saturated carbocycles. The number of carbonyl (C=O) groups excluding carboxylic acids is 2. The van der Waals surface area contributed by atoms with E-state index >= 15 is 0 Å². The maximum atomic E-state index is 11.0. The zero-order valence-corrected chi connectivity index (χ0v) is 7.24. The molecule has 0 aliphatic heterocycles. The van der Waals surface area contributed by atoms with Crippen LogP contribution in [0.25, 0.3) is 0 Å². The molecular weight excluding hydrogens is 172 g/mol. The lowest BCUT2D eigenvalue weighted by Gasteiger charge is -1.96. The van der Waals surface area contributed by atoms with Crippen molar-refractivity contribution < 1.29 is 14.1 Å². The zero-order chi connectivity index (χ0) is 9.68. The lowest BCUT2D eigenvalue weighted by molar-refractivity contribution is -0.118. The molecule has 0 fully saturated rings. The molecule has 70 valence electrons. The molecule has 0 unspecified atom stereocenters. The van der Waals surface area contributed by atoms with Gasteiger partial charge in [-0.1, -0.05) is 5.16 Å². The zero-order valence-electron chi connectivity index (χ0n) is 7.24. The maximum absolute atomic E-state index is 11.0. The van der Waals surface area contributed by atoms with Crippen molar-refractivity contribution >= 4 is 18.1 Å². The van der Waals surface area contributed by atoms with Crippen LogP contribution in [0, 0.1) is 6.92 Å². The summed E-state index contributed by atoms with van der Waals surface area (Å²) in [5.41, 5.74) is 0.700. The Hall–Kier alpha value is -1.65. The molecule has 0 aliphatic carbocycles. The highest BCUT2D eigenvalue weighted by Gasteiger charge is 2.05. The third-order valence-corrected chi connectivity index (χ3v) is 1.38. The van der Waals surface area contributed by atoms with E-state index in [0.717, 1.165) is 0 Å². The Kier molecular flexibility index (Phi) is 3.19. The summed E-state index contributed by atoms with van der Waals surface area (Å²) in [5, 5.41) is 6.06. The third kappa shape index (κ3) is 3.06. The van der Waals surface area contributed by atoms with E-state index in [0.29, 0.717) is 17.9 Å². The first-order valence-electron chi connectivity index (χ1n) is 3.89. The summed E-state index contributed by atoms with van der Waals surface area (Å²) in [6.45, 7) is 1.75. The largest absolute Gasteiger partial charge is 0.338 e. The minimum absolute atomic E-state index is 0.170. The summed E-state index contributed by atoms with van der Waals surface area (Å²) in [5.74, 6) is 0.0663. The summed E-state index contributed by atoms with van der Waals surface area (Å²) in [4.78, 5) is 21.0. The van der Waals surface area contributed by atoms with E-state index < -0.39 is 0 Å². The van der Waals surface area contributed by atoms with Gasteiger partial charge in [-0.15, -0.1) is 0 Å². The van der Waals surface area contributed by atoms with E-state index in [1.54, 1.807) is 13.0 Å². The Bertz CT molecular complexity index is 306. The monoisotopic (exact) mass is 182 g/mol. The van der Waals surface area contributed by atoms with Crippen LogP contribution in [0.2, 0.25) is 0 Å². The topological polar surface area (TPSA) is 72.2 Å². The molecule has 13 heavy (non-hydrogen) atoms. The molecule has 0 bridgehead atoms. The van der Waals surface area contributed by atoms with Crippen LogP contribution in [-0.2, 0) is 9.59 Å². The molecule has 0 saturated heterocycles. The molecule has 1 aromatic rings. The van der Waals surface area contributed by atoms with Crippen molar-refractivity contribution in [3.05, 3.63) is 11.8 Å². The van der Waals surface area contributed by atoms with Crippen LogP contribution in [0.4, 0.5) is 5.88 Å². The van der Waals surface area contributed by atoms with E-state index in [1.165, 1.54) is 0 Å². The van der Waals surface area contributed by atoms with Gasteiger partial charge in [0.25, 0.3) is 0 Å². The number of anilines is 1. The average Bonchev–Trinajstić information content (AvgIpc) is 2.48. The molecule has 0 aromatic carbocycles. The van der Waals surface area contributed by atoms with Gasteiger partial charge < -0.3 is 9.32 Å². The van der Waals surface area contributed by atoms with Crippen LogP contribution >= 0.6 is 0 Å². The molecule has 0 radical (unpaired) electrons. The summed E-state index contributed by atoms with van der Waals surface area (Å²) in [6, 6.07) is 1.61. The molecule has 1 heterocycles. The predicted molar refractivity (Wildman–Crippen MR) is 45.2 cm³/mol. The van der Waals surface area contributed by atoms with Crippen LogP contribution in [-0.4, -0.2) is 17.4 Å². The number of nitrogens with one attached hydrogen (secondary N) is 1. The third-order valence-electron chi connectivity index (χ3n) is 1.38. The Morgan fingerprint density at radius 2 is 2.54 bits per heavy atom. The lowest BCUT2D eigenvalue weighted by Crippen LogP contribution is -2.10. The van der Waals surface area contributed by atoms with Crippen molar-refractivity contribution in [2.75, 3.05) is 5.32 Å². The second kappa shape index (κ2) is 4.39. The van der Waals surface area contributed by atoms with Crippen LogP contribution < -0.4 is 5.32 Å². The van der Waals surface area contributed by atoms with Gasteiger partial charge >= 0.3 is 0 Å². The van der Waals surface area contributed by atoms with Crippen LogP contribution in [0.5, 0.6) is 0 Å². The average molecular weight is 182 g/mol. The number of carbonyl (C=O) groups is 2. The highest BCUT2D eigenvalue weighted by Crippen LogP contribution is 2.08. The normalized spacial score (nSPS) is 9.62. The molecule has 0 aliphatic rings. The van der Waals surface area contributed by atoms with E-state index in [2.05, 4.69) is 10.5 Å². The number of hydrogen-bond donors (Lipinski definition) is 1. The van der Waals surface area contributed by atoms with Gasteiger partial charge in [0.15, 0.2) is 0 Å². The van der Waals surface area contributed by atoms with Crippen LogP contribution in [0.1, 0.15) is 18.5 Å². The highest BCUT2D eigenvalue weighted by atomic mass is 16.5. The van der Waals surface area contributed by atoms with Gasteiger partial charge in [-0.05, 0) is 6.92 Å². The summed E-state index contributed by atoms with van der Waals surface area (Å²) in [7, 11) is 0. The SMILES string of the molecule is Cc1cc(NC(=O)CCC=O)on1. The Morgan fingerprint density at radius 3 is 3.08 bits per heavy atom. The predicted octanol–water partition coefficient (Wildman–Crippen LogP) is 0.901. The minimum atomic E-state index is -0.247. The number of amides is 1. The quantitative estimate of drug-likeness (QED) is 0.702. The maximum Gasteiger partial charge on any atom is 0.231 e. The number of hydrogen-bond acceptors (Lipinski definition) is 4. The van der Waals surface area contributed by atoms with Gasteiger partial charge in [0.1, 0.15) is 6.29 Å². The van der Waals surface area contributed by atoms with Gasteiger partial charge in [0, 0.05) is 18.9 Å². The van der Waals surface area contributed by atoms with E-state index in [-0.39, 0.29) is 18.7 Å². The molecule has 1 aromatic heterocycles. The second-order valence-corrected chi connectivity index (χ2v) is 2.59. The smallest absolute Gasteiger partial charge is 0.231 e. The molecule has 1 rings (SSSR count). The Labute approximate surface area is 75.1 Å². The van der Waals surface area contributed by atoms with Crippen molar-refractivity contribution in [1.82, 2.24) is 5.16 Å². The lowest BCUT2D eigenvalue weighted by atomic mass is 10.3. The van der Waals surface area contributed by atoms with Gasteiger partial charge in [-0.3, -0.25) is 10.1 Å². The van der Waals surface area contributed by atoms with Crippen molar-refractivity contribution in [2.24, 2.45) is 0 Å². The van der Waals surface area contributed by atoms with Crippen molar-refractivity contribution in [3.63, 3.8) is 0 Å². The standard InChI is InChI=1S/C8H10N2O3/c1-6-5-8(13-10-6)9-7(12)3-2-4-11/h4-5H,2-3H2,1H3,(H,9,12). The fraction of sp³-hybridized carbons (Fsp3) is 0.375. The van der Waals surface area contributed by atoms with Gasteiger partial charge in [-0.25, -0.2) is 0 Å². The fourth-order valence-electron chi connectivity index (χ4n) is 0.812. The Balaban J connectivity index is 2.40. The van der Waals surface area contributed by atoms with E-state index in [9.17, 15) is 9.59 Å². The molecule has 1 amide bonds. The van der Waals surface area contributed by atoms with Gasteiger partial charge in [0.05, 0.1) is 5.69 Å². The van der Waals surface area contributed by atoms with E-state index in [4.69, 9.17) is 4.52 Å². The number of nitrogens with zero attached hydrogens (tertiary/aromatic N) is 1. The van der Waals surface area contributed by atoms with Gasteiger partial charge in [0.2, 0.25) is 11.8 Å². The first-order chi connectivity index (χ1) is 6.22. The molecular formula is C8H10N2O3. The summed E-state index contributed by atoms with van der Waals surface area (Å²) in [6.07, 6.45) is 1.09. The van der Waals surface area contributed by atoms with Gasteiger partial charge in [-0.2, -0.15) is 0 Å². The summed E-state index contributed by atoms with van der Waals surface area (Å²) >= 11 is 0. The fourth-order valence-corrected chi connectivity index (χ4v) is 0.812. The molecule has 5 nitrogen and oxygen atoms in total. The summed E-state index contributed by atoms with van der Waals surface area (Å²) < 4.78 is 4.74. The first kappa shape index (κ1) is 9.44. The van der Waals surface area contributed by atoms with E-state index in [1.807, 2.05) is 0 Å². The number of aldehydes is 1. The number of aryl methyl sites for hydroxylation is 1. The second-order valence-electron chi connectivity index (χ2n) is 2.59. The minimum Gasteiger partial charge on any atom is -0.338 e. The highest BCUT2D eigenvalue weighted by molar-refractivity contribution is 5.90. The van der Waals surface area contributed by atoms with Crippen molar-refractivity contribution in [2.45, 2.75) is 19.8 Å². The van der Waals surface area contributed by atoms with Crippen molar-refractivity contribution in [1.29, 1.82) is 0 Å². The molecule has 1 N–H and O–H groups in total. The molecule has 0 spiro atoms. The molecule has 0 atom stereocenters. The first-order valence-corrected chi connectivity index (χ1v) is 3.89. The van der Waals surface area contributed by atoms with Crippen LogP contribution in [0.3, 0.4) is 0 Å². The van der Waals surface area contributed by atoms with Crippen LogP contribution in [0.15, 0.2) is 10.6 Å². The van der Waals surface area contributed by atoms with Crippen molar-refractivity contribution in [3.8, 4) is 0 Å². The Morgan fingerprint density at radius 1 is 1.77 bits per heavy atom.